The molecular weight excluding hydrogens is 455 g/mol. The number of anilines is 1. The van der Waals surface area contributed by atoms with E-state index in [1.807, 2.05) is 22.6 Å². The first-order valence-electron chi connectivity index (χ1n) is 6.11. The van der Waals surface area contributed by atoms with Gasteiger partial charge in [-0.05, 0) is 40.8 Å². The van der Waals surface area contributed by atoms with Gasteiger partial charge >= 0.3 is 5.97 Å². The van der Waals surface area contributed by atoms with Gasteiger partial charge in [-0.15, -0.1) is 0 Å². The van der Waals surface area contributed by atoms with Crippen LogP contribution in [0.25, 0.3) is 0 Å². The van der Waals surface area contributed by atoms with Crippen LogP contribution < -0.4 is 10.1 Å². The van der Waals surface area contributed by atoms with E-state index in [0.29, 0.717) is 3.57 Å². The summed E-state index contributed by atoms with van der Waals surface area (Å²) < 4.78 is 28.5. The third-order valence-electron chi connectivity index (χ3n) is 2.47. The Balaban J connectivity index is 2.22. The monoisotopic (exact) mass is 466 g/mol. The van der Waals surface area contributed by atoms with Gasteiger partial charge in [0.25, 0.3) is 5.91 Å². The van der Waals surface area contributed by atoms with Crippen LogP contribution in [0.2, 0.25) is 0 Å². The summed E-state index contributed by atoms with van der Waals surface area (Å²) in [4.78, 5) is 27.1. The average Bonchev–Trinajstić information content (AvgIpc) is 2.85. The van der Waals surface area contributed by atoms with Gasteiger partial charge in [-0.3, -0.25) is 14.9 Å². The molecule has 0 aliphatic heterocycles. The second-order valence-corrected chi connectivity index (χ2v) is 9.00. The third-order valence-corrected chi connectivity index (χ3v) is 5.79. The molecule has 1 amide bonds. The average molecular weight is 466 g/mol. The van der Waals surface area contributed by atoms with Crippen molar-refractivity contribution in [2.24, 2.45) is 0 Å². The summed E-state index contributed by atoms with van der Waals surface area (Å²) >= 11 is 2.86. The van der Waals surface area contributed by atoms with Gasteiger partial charge in [0, 0.05) is 22.3 Å². The lowest BCUT2D eigenvalue weighted by atomic mass is 10.2. The highest BCUT2D eigenvalue weighted by Crippen LogP contribution is 2.24. The maximum Gasteiger partial charge on any atom is 0.308 e. The Morgan fingerprint density at radius 3 is 2.57 bits per heavy atom. The summed E-state index contributed by atoms with van der Waals surface area (Å²) in [5.41, 5.74) is 0.268. The molecule has 1 aromatic carbocycles. The van der Waals surface area contributed by atoms with Crippen molar-refractivity contribution in [3.05, 3.63) is 33.5 Å². The van der Waals surface area contributed by atoms with Crippen LogP contribution in [0.4, 0.5) is 5.13 Å². The molecule has 0 bridgehead atoms. The second kappa shape index (κ2) is 6.93. The molecular formula is C13H11IN2O5S2. The molecule has 23 heavy (non-hydrogen) atoms. The summed E-state index contributed by atoms with van der Waals surface area (Å²) in [6.45, 7) is 1.27. The van der Waals surface area contributed by atoms with Crippen LogP contribution in [0.3, 0.4) is 0 Å². The van der Waals surface area contributed by atoms with Gasteiger partial charge in [0.15, 0.2) is 15.0 Å². The Labute approximate surface area is 150 Å². The lowest BCUT2D eigenvalue weighted by Crippen LogP contribution is -2.12. The molecule has 7 nitrogen and oxygen atoms in total. The number of ether oxygens (including phenoxy) is 1. The first-order chi connectivity index (χ1) is 10.6. The Kier molecular flexibility index (Phi) is 5.37. The molecule has 2 aromatic rings. The first kappa shape index (κ1) is 17.8. The molecule has 0 saturated heterocycles. The SMILES string of the molecule is CC(=O)Oc1cc(I)cc(C(=O)Nc2ncc(S(C)(=O)=O)s2)c1. The second-order valence-electron chi connectivity index (χ2n) is 4.48. The minimum Gasteiger partial charge on any atom is -0.427 e. The molecule has 122 valence electrons. The van der Waals surface area contributed by atoms with Crippen molar-refractivity contribution in [2.45, 2.75) is 11.1 Å². The number of rotatable bonds is 4. The summed E-state index contributed by atoms with van der Waals surface area (Å²) in [5.74, 6) is -0.715. The fourth-order valence-corrected chi connectivity index (χ4v) is 3.85. The van der Waals surface area contributed by atoms with Crippen LogP contribution in [0.15, 0.2) is 28.6 Å². The van der Waals surface area contributed by atoms with Crippen molar-refractivity contribution in [2.75, 3.05) is 11.6 Å². The molecule has 1 heterocycles. The quantitative estimate of drug-likeness (QED) is 0.422. The van der Waals surface area contributed by atoms with Crippen LogP contribution >= 0.6 is 33.9 Å². The fourth-order valence-electron chi connectivity index (χ4n) is 1.58. The molecule has 2 rings (SSSR count). The van der Waals surface area contributed by atoms with Crippen LogP contribution in [-0.2, 0) is 14.6 Å². The van der Waals surface area contributed by atoms with Gasteiger partial charge < -0.3 is 4.74 Å². The molecule has 0 atom stereocenters. The highest BCUT2D eigenvalue weighted by atomic mass is 127. The van der Waals surface area contributed by atoms with E-state index in [4.69, 9.17) is 4.74 Å². The Hall–Kier alpha value is -1.53. The van der Waals surface area contributed by atoms with Crippen molar-refractivity contribution in [3.63, 3.8) is 0 Å². The van der Waals surface area contributed by atoms with Crippen LogP contribution in [-0.4, -0.2) is 31.5 Å². The smallest absolute Gasteiger partial charge is 0.308 e. The summed E-state index contributed by atoms with van der Waals surface area (Å²) in [6.07, 6.45) is 2.26. The maximum atomic E-state index is 12.2. The van der Waals surface area contributed by atoms with Gasteiger partial charge in [0.1, 0.15) is 9.96 Å². The van der Waals surface area contributed by atoms with Crippen molar-refractivity contribution in [1.82, 2.24) is 4.98 Å². The van der Waals surface area contributed by atoms with E-state index < -0.39 is 21.7 Å². The van der Waals surface area contributed by atoms with E-state index in [1.165, 1.54) is 19.2 Å². The Morgan fingerprint density at radius 1 is 1.30 bits per heavy atom. The number of benzene rings is 1. The zero-order valence-corrected chi connectivity index (χ0v) is 15.8. The molecule has 0 spiro atoms. The van der Waals surface area contributed by atoms with E-state index in [0.717, 1.165) is 17.6 Å². The number of thiazole rings is 1. The number of esters is 1. The summed E-state index contributed by atoms with van der Waals surface area (Å²) in [5, 5.41) is 2.69. The van der Waals surface area contributed by atoms with Crippen molar-refractivity contribution in [1.29, 1.82) is 0 Å². The van der Waals surface area contributed by atoms with Gasteiger partial charge in [-0.25, -0.2) is 13.4 Å². The molecule has 0 fully saturated rings. The molecule has 0 saturated carbocycles. The van der Waals surface area contributed by atoms with Gasteiger partial charge in [-0.2, -0.15) is 0 Å². The van der Waals surface area contributed by atoms with E-state index in [-0.39, 0.29) is 20.7 Å². The molecule has 0 aliphatic carbocycles. The number of aromatic nitrogens is 1. The van der Waals surface area contributed by atoms with Crippen molar-refractivity contribution in [3.8, 4) is 5.75 Å². The lowest BCUT2D eigenvalue weighted by Gasteiger charge is -2.06. The van der Waals surface area contributed by atoms with Crippen molar-refractivity contribution < 1.29 is 22.7 Å². The number of hydrogen-bond acceptors (Lipinski definition) is 7. The van der Waals surface area contributed by atoms with Crippen molar-refractivity contribution >= 4 is 60.8 Å². The molecule has 0 aliphatic rings. The number of carbonyl (C=O) groups is 2. The molecule has 0 radical (unpaired) electrons. The highest BCUT2D eigenvalue weighted by Gasteiger charge is 2.15. The standard InChI is InChI=1S/C13H11IN2O5S2/c1-7(17)21-10-4-8(3-9(14)5-10)12(18)16-13-15-6-11(22-13)23(2,19)20/h3-6H,1-2H3,(H,15,16,18). The topological polar surface area (TPSA) is 102 Å². The van der Waals surface area contributed by atoms with Crippen LogP contribution in [0.1, 0.15) is 17.3 Å². The maximum absolute atomic E-state index is 12.2. The Bertz CT molecular complexity index is 876. The zero-order valence-electron chi connectivity index (χ0n) is 12.0. The third kappa shape index (κ3) is 4.97. The van der Waals surface area contributed by atoms with E-state index in [2.05, 4.69) is 10.3 Å². The number of nitrogens with one attached hydrogen (secondary N) is 1. The van der Waals surface area contributed by atoms with Gasteiger partial charge in [0.2, 0.25) is 0 Å². The number of halogens is 1. The van der Waals surface area contributed by atoms with E-state index >= 15 is 0 Å². The minimum absolute atomic E-state index is 0.0658. The summed E-state index contributed by atoms with van der Waals surface area (Å²) in [7, 11) is -3.36. The number of sulfone groups is 1. The van der Waals surface area contributed by atoms with Gasteiger partial charge in [0.05, 0.1) is 6.20 Å². The Morgan fingerprint density at radius 2 is 2.00 bits per heavy atom. The largest absolute Gasteiger partial charge is 0.427 e. The normalized spacial score (nSPS) is 11.1. The fraction of sp³-hybridized carbons (Fsp3) is 0.154. The minimum atomic E-state index is -3.36. The predicted molar refractivity (Wildman–Crippen MR) is 93.6 cm³/mol. The predicted octanol–water partition coefficient (Wildman–Crippen LogP) is 2.33. The van der Waals surface area contributed by atoms with Crippen LogP contribution in [0.5, 0.6) is 5.75 Å². The molecule has 1 N–H and O–H groups in total. The number of amides is 1. The summed E-state index contributed by atoms with van der Waals surface area (Å²) in [6, 6.07) is 4.64. The molecule has 0 unspecified atom stereocenters. The first-order valence-corrected chi connectivity index (χ1v) is 9.90. The molecule has 10 heteroatoms. The lowest BCUT2D eigenvalue weighted by molar-refractivity contribution is -0.131. The number of nitrogens with zero attached hydrogens (tertiary/aromatic N) is 1. The highest BCUT2D eigenvalue weighted by molar-refractivity contribution is 14.1. The van der Waals surface area contributed by atoms with Gasteiger partial charge in [-0.1, -0.05) is 11.3 Å². The zero-order chi connectivity index (χ0) is 17.2. The molecule has 1 aromatic heterocycles. The van der Waals surface area contributed by atoms with E-state index in [1.54, 1.807) is 12.1 Å². The van der Waals surface area contributed by atoms with Crippen LogP contribution in [0, 0.1) is 3.57 Å². The number of hydrogen-bond donors (Lipinski definition) is 1. The van der Waals surface area contributed by atoms with E-state index in [9.17, 15) is 18.0 Å². The number of carbonyl (C=O) groups excluding carboxylic acids is 2.